The first-order chi connectivity index (χ1) is 6.86. The third-order valence-corrected chi connectivity index (χ3v) is 1.98. The average molecular weight is 191 g/mol. The summed E-state index contributed by atoms with van der Waals surface area (Å²) >= 11 is 0. The molecular formula is C12H17NO. The zero-order valence-electron chi connectivity index (χ0n) is 8.79. The molecule has 0 saturated heterocycles. The first kappa shape index (κ1) is 10.8. The van der Waals surface area contributed by atoms with Crippen LogP contribution in [-0.4, -0.2) is 20.7 Å². The Morgan fingerprint density at radius 1 is 1.36 bits per heavy atom. The van der Waals surface area contributed by atoms with Crippen LogP contribution in [0.5, 0.6) is 5.75 Å². The average Bonchev–Trinajstić information content (AvgIpc) is 2.25. The molecule has 76 valence electrons. The third kappa shape index (κ3) is 3.62. The van der Waals surface area contributed by atoms with E-state index in [-0.39, 0.29) is 0 Å². The minimum absolute atomic E-state index is 0.921. The summed E-state index contributed by atoms with van der Waals surface area (Å²) in [7, 11) is 3.63. The predicted molar refractivity (Wildman–Crippen MR) is 59.8 cm³/mol. The molecule has 0 spiro atoms. The molecule has 1 rings (SSSR count). The lowest BCUT2D eigenvalue weighted by molar-refractivity contribution is 0.414. The number of hydrogen-bond acceptors (Lipinski definition) is 2. The second kappa shape index (κ2) is 6.22. The predicted octanol–water partition coefficient (Wildman–Crippen LogP) is 2.01. The SMILES string of the molecule is CNC/C=C\Cc1cccc(OC)c1. The van der Waals surface area contributed by atoms with Gasteiger partial charge >= 0.3 is 0 Å². The molecule has 0 heterocycles. The molecule has 0 aromatic heterocycles. The number of ether oxygens (including phenoxy) is 1. The largest absolute Gasteiger partial charge is 0.497 e. The summed E-state index contributed by atoms with van der Waals surface area (Å²) in [6.45, 7) is 0.921. The van der Waals surface area contributed by atoms with Crippen LogP contribution in [0.1, 0.15) is 5.56 Å². The van der Waals surface area contributed by atoms with E-state index in [9.17, 15) is 0 Å². The molecule has 0 amide bonds. The fourth-order valence-electron chi connectivity index (χ4n) is 1.22. The molecule has 0 aliphatic carbocycles. The highest BCUT2D eigenvalue weighted by molar-refractivity contribution is 5.29. The van der Waals surface area contributed by atoms with Gasteiger partial charge in [0.1, 0.15) is 5.75 Å². The summed E-state index contributed by atoms with van der Waals surface area (Å²) in [5.74, 6) is 0.921. The Bertz CT molecular complexity index is 294. The van der Waals surface area contributed by atoms with Gasteiger partial charge in [-0.3, -0.25) is 0 Å². The maximum atomic E-state index is 5.15. The van der Waals surface area contributed by atoms with Crippen LogP contribution in [0.2, 0.25) is 0 Å². The third-order valence-electron chi connectivity index (χ3n) is 1.98. The van der Waals surface area contributed by atoms with Crippen LogP contribution in [-0.2, 0) is 6.42 Å². The molecule has 0 unspecified atom stereocenters. The van der Waals surface area contributed by atoms with Crippen LogP contribution in [0.4, 0.5) is 0 Å². The van der Waals surface area contributed by atoms with E-state index >= 15 is 0 Å². The van der Waals surface area contributed by atoms with Crippen molar-refractivity contribution < 1.29 is 4.74 Å². The Morgan fingerprint density at radius 2 is 2.21 bits per heavy atom. The van der Waals surface area contributed by atoms with E-state index in [0.717, 1.165) is 18.7 Å². The molecule has 14 heavy (non-hydrogen) atoms. The van der Waals surface area contributed by atoms with E-state index in [4.69, 9.17) is 4.74 Å². The lowest BCUT2D eigenvalue weighted by Crippen LogP contribution is -2.03. The molecule has 2 nitrogen and oxygen atoms in total. The molecule has 0 fully saturated rings. The molecule has 1 N–H and O–H groups in total. The van der Waals surface area contributed by atoms with Gasteiger partial charge in [-0.05, 0) is 31.2 Å². The topological polar surface area (TPSA) is 21.3 Å². The number of likely N-dealkylation sites (N-methyl/N-ethyl adjacent to an activating group) is 1. The normalized spacial score (nSPS) is 10.7. The van der Waals surface area contributed by atoms with Gasteiger partial charge < -0.3 is 10.1 Å². The fraction of sp³-hybridized carbons (Fsp3) is 0.333. The quantitative estimate of drug-likeness (QED) is 0.719. The van der Waals surface area contributed by atoms with Gasteiger partial charge in [-0.1, -0.05) is 24.3 Å². The molecule has 0 aliphatic rings. The van der Waals surface area contributed by atoms with Gasteiger partial charge in [0.2, 0.25) is 0 Å². The number of benzene rings is 1. The summed E-state index contributed by atoms with van der Waals surface area (Å²) in [5.41, 5.74) is 1.27. The van der Waals surface area contributed by atoms with Crippen molar-refractivity contribution in [2.45, 2.75) is 6.42 Å². The number of nitrogens with one attached hydrogen (secondary N) is 1. The summed E-state index contributed by atoms with van der Waals surface area (Å²) in [5, 5.41) is 3.07. The number of hydrogen-bond donors (Lipinski definition) is 1. The molecular weight excluding hydrogens is 174 g/mol. The van der Waals surface area contributed by atoms with E-state index in [1.54, 1.807) is 7.11 Å². The highest BCUT2D eigenvalue weighted by Gasteiger charge is 1.92. The first-order valence-corrected chi connectivity index (χ1v) is 4.79. The highest BCUT2D eigenvalue weighted by Crippen LogP contribution is 2.12. The zero-order valence-corrected chi connectivity index (χ0v) is 8.79. The van der Waals surface area contributed by atoms with Crippen LogP contribution in [0.25, 0.3) is 0 Å². The van der Waals surface area contributed by atoms with Gasteiger partial charge in [0, 0.05) is 6.54 Å². The Labute approximate surface area is 85.6 Å². The van der Waals surface area contributed by atoms with Crippen molar-refractivity contribution in [3.05, 3.63) is 42.0 Å². The van der Waals surface area contributed by atoms with Crippen LogP contribution in [0.15, 0.2) is 36.4 Å². The van der Waals surface area contributed by atoms with Gasteiger partial charge in [-0.25, -0.2) is 0 Å². The van der Waals surface area contributed by atoms with E-state index in [0.29, 0.717) is 0 Å². The minimum Gasteiger partial charge on any atom is -0.497 e. The molecule has 0 bridgehead atoms. The Hall–Kier alpha value is -1.28. The van der Waals surface area contributed by atoms with E-state index in [1.165, 1.54) is 5.56 Å². The van der Waals surface area contributed by atoms with Crippen molar-refractivity contribution in [2.24, 2.45) is 0 Å². The second-order valence-corrected chi connectivity index (χ2v) is 3.08. The lowest BCUT2D eigenvalue weighted by atomic mass is 10.1. The maximum absolute atomic E-state index is 5.15. The molecule has 0 atom stereocenters. The van der Waals surface area contributed by atoms with Crippen LogP contribution < -0.4 is 10.1 Å². The van der Waals surface area contributed by atoms with Crippen molar-refractivity contribution in [3.63, 3.8) is 0 Å². The van der Waals surface area contributed by atoms with Crippen molar-refractivity contribution in [3.8, 4) is 5.75 Å². The second-order valence-electron chi connectivity index (χ2n) is 3.08. The Balaban J connectivity index is 2.50. The Kier molecular flexibility index (Phi) is 4.79. The fourth-order valence-corrected chi connectivity index (χ4v) is 1.22. The number of methoxy groups -OCH3 is 1. The van der Waals surface area contributed by atoms with E-state index in [1.807, 2.05) is 19.2 Å². The van der Waals surface area contributed by atoms with Crippen molar-refractivity contribution in [1.29, 1.82) is 0 Å². The molecule has 0 aliphatic heterocycles. The van der Waals surface area contributed by atoms with Crippen LogP contribution >= 0.6 is 0 Å². The summed E-state index contributed by atoms with van der Waals surface area (Å²) in [6.07, 6.45) is 5.24. The smallest absolute Gasteiger partial charge is 0.119 e. The van der Waals surface area contributed by atoms with Crippen molar-refractivity contribution in [2.75, 3.05) is 20.7 Å². The van der Waals surface area contributed by atoms with Crippen LogP contribution in [0.3, 0.4) is 0 Å². The summed E-state index contributed by atoms with van der Waals surface area (Å²) in [4.78, 5) is 0. The minimum atomic E-state index is 0.921. The molecule has 0 saturated carbocycles. The van der Waals surface area contributed by atoms with E-state index < -0.39 is 0 Å². The van der Waals surface area contributed by atoms with Crippen LogP contribution in [0, 0.1) is 0 Å². The Morgan fingerprint density at radius 3 is 2.93 bits per heavy atom. The first-order valence-electron chi connectivity index (χ1n) is 4.79. The highest BCUT2D eigenvalue weighted by atomic mass is 16.5. The molecule has 1 aromatic carbocycles. The lowest BCUT2D eigenvalue weighted by Gasteiger charge is -2.01. The standard InChI is InChI=1S/C12H17NO/c1-13-9-4-3-6-11-7-5-8-12(10-11)14-2/h3-5,7-8,10,13H,6,9H2,1-2H3/b4-3-. The molecule has 1 aromatic rings. The van der Waals surface area contributed by atoms with Gasteiger partial charge in [0.25, 0.3) is 0 Å². The maximum Gasteiger partial charge on any atom is 0.119 e. The van der Waals surface area contributed by atoms with Gasteiger partial charge in [-0.2, -0.15) is 0 Å². The van der Waals surface area contributed by atoms with Crippen molar-refractivity contribution >= 4 is 0 Å². The zero-order chi connectivity index (χ0) is 10.2. The number of rotatable bonds is 5. The summed E-state index contributed by atoms with van der Waals surface area (Å²) < 4.78 is 5.15. The molecule has 0 radical (unpaired) electrons. The van der Waals surface area contributed by atoms with Gasteiger partial charge in [0.15, 0.2) is 0 Å². The van der Waals surface area contributed by atoms with E-state index in [2.05, 4.69) is 29.6 Å². The molecule has 2 heteroatoms. The number of allylic oxidation sites excluding steroid dienone is 1. The summed E-state index contributed by atoms with van der Waals surface area (Å²) in [6, 6.07) is 8.14. The monoisotopic (exact) mass is 191 g/mol. The van der Waals surface area contributed by atoms with Gasteiger partial charge in [-0.15, -0.1) is 0 Å². The van der Waals surface area contributed by atoms with Crippen molar-refractivity contribution in [1.82, 2.24) is 5.32 Å². The van der Waals surface area contributed by atoms with Gasteiger partial charge in [0.05, 0.1) is 7.11 Å².